The summed E-state index contributed by atoms with van der Waals surface area (Å²) in [6, 6.07) is 4.66. The summed E-state index contributed by atoms with van der Waals surface area (Å²) in [6.45, 7) is 3.47. The Morgan fingerprint density at radius 1 is 1.35 bits per heavy atom. The summed E-state index contributed by atoms with van der Waals surface area (Å²) in [4.78, 5) is 4.51. The second kappa shape index (κ2) is 7.04. The molecule has 0 aliphatic heterocycles. The van der Waals surface area contributed by atoms with Crippen molar-refractivity contribution in [3.63, 3.8) is 0 Å². The van der Waals surface area contributed by atoms with Gasteiger partial charge in [0.15, 0.2) is 0 Å². The van der Waals surface area contributed by atoms with Crippen molar-refractivity contribution >= 4 is 22.6 Å². The Balaban J connectivity index is 2.19. The number of halogens is 2. The lowest BCUT2D eigenvalue weighted by Crippen LogP contribution is -2.05. The van der Waals surface area contributed by atoms with Crippen molar-refractivity contribution < 1.29 is 9.13 Å². The quantitative estimate of drug-likeness (QED) is 0.563. The second-order valence-corrected chi connectivity index (χ2v) is 5.58. The highest BCUT2D eigenvalue weighted by molar-refractivity contribution is 6.20. The number of methoxy groups -OCH3 is 1. The molecule has 0 saturated carbocycles. The van der Waals surface area contributed by atoms with Crippen LogP contribution in [0.3, 0.4) is 0 Å². The molecule has 0 saturated heterocycles. The van der Waals surface area contributed by atoms with Crippen LogP contribution >= 0.6 is 11.6 Å². The zero-order valence-corrected chi connectivity index (χ0v) is 12.7. The molecule has 1 heterocycles. The summed E-state index contributed by atoms with van der Waals surface area (Å²) < 4.78 is 20.5. The van der Waals surface area contributed by atoms with Gasteiger partial charge in [-0.1, -0.05) is 0 Å². The summed E-state index contributed by atoms with van der Waals surface area (Å²) in [6.07, 6.45) is 3.10. The Hall–Kier alpha value is -1.13. The number of unbranched alkanes of at least 4 members (excludes halogenated alkanes) is 2. The van der Waals surface area contributed by atoms with Crippen LogP contribution in [0.25, 0.3) is 11.0 Å². The number of ether oxygens (including phenoxy) is 1. The van der Waals surface area contributed by atoms with Crippen LogP contribution in [0.2, 0.25) is 0 Å². The molecule has 0 aliphatic rings. The zero-order valence-electron chi connectivity index (χ0n) is 11.9. The average Bonchev–Trinajstić information content (AvgIpc) is 2.77. The van der Waals surface area contributed by atoms with Crippen LogP contribution in [-0.2, 0) is 11.3 Å². The summed E-state index contributed by atoms with van der Waals surface area (Å²) in [5.41, 5.74) is 1.62. The molecule has 5 heteroatoms. The van der Waals surface area contributed by atoms with E-state index in [-0.39, 0.29) is 11.2 Å². The maximum absolute atomic E-state index is 13.4. The molecular weight excluding hydrogens is 279 g/mol. The van der Waals surface area contributed by atoms with Gasteiger partial charge < -0.3 is 9.30 Å². The van der Waals surface area contributed by atoms with E-state index >= 15 is 0 Å². The minimum absolute atomic E-state index is 0.190. The number of alkyl halides is 1. The Morgan fingerprint density at radius 2 is 2.15 bits per heavy atom. The first-order valence-electron chi connectivity index (χ1n) is 6.92. The number of hydrogen-bond donors (Lipinski definition) is 0. The Labute approximate surface area is 123 Å². The highest BCUT2D eigenvalue weighted by Gasteiger charge is 2.15. The van der Waals surface area contributed by atoms with Crippen LogP contribution in [-0.4, -0.2) is 23.3 Å². The van der Waals surface area contributed by atoms with Crippen molar-refractivity contribution in [2.45, 2.75) is 38.1 Å². The van der Waals surface area contributed by atoms with Gasteiger partial charge in [-0.05, 0) is 44.4 Å². The van der Waals surface area contributed by atoms with Crippen LogP contribution in [0.15, 0.2) is 18.2 Å². The van der Waals surface area contributed by atoms with Crippen LogP contribution in [0.1, 0.15) is 37.4 Å². The SMILES string of the molecule is COCCCCCn1c(C(C)Cl)nc2ccc(F)cc21. The molecule has 2 aromatic rings. The summed E-state index contributed by atoms with van der Waals surface area (Å²) in [7, 11) is 1.71. The van der Waals surface area contributed by atoms with E-state index in [1.54, 1.807) is 13.2 Å². The number of fused-ring (bicyclic) bond motifs is 1. The Kier molecular flexibility index (Phi) is 5.38. The number of rotatable bonds is 7. The van der Waals surface area contributed by atoms with E-state index in [2.05, 4.69) is 4.98 Å². The normalized spacial score (nSPS) is 13.0. The average molecular weight is 299 g/mol. The van der Waals surface area contributed by atoms with E-state index in [9.17, 15) is 4.39 Å². The van der Waals surface area contributed by atoms with Crippen molar-refractivity contribution in [1.29, 1.82) is 0 Å². The molecule has 3 nitrogen and oxygen atoms in total. The van der Waals surface area contributed by atoms with Gasteiger partial charge in [0.05, 0.1) is 16.4 Å². The van der Waals surface area contributed by atoms with Crippen molar-refractivity contribution in [3.05, 3.63) is 29.8 Å². The van der Waals surface area contributed by atoms with E-state index in [0.717, 1.165) is 49.3 Å². The third-order valence-corrected chi connectivity index (χ3v) is 3.52. The molecule has 2 rings (SSSR count). The number of benzene rings is 1. The highest BCUT2D eigenvalue weighted by atomic mass is 35.5. The van der Waals surface area contributed by atoms with Crippen LogP contribution in [0, 0.1) is 5.82 Å². The van der Waals surface area contributed by atoms with E-state index in [1.807, 2.05) is 11.5 Å². The summed E-state index contributed by atoms with van der Waals surface area (Å²) in [5, 5.41) is -0.190. The predicted molar refractivity (Wildman–Crippen MR) is 79.7 cm³/mol. The minimum Gasteiger partial charge on any atom is -0.385 e. The molecule has 1 aromatic heterocycles. The van der Waals surface area contributed by atoms with Crippen molar-refractivity contribution in [1.82, 2.24) is 9.55 Å². The molecule has 1 aromatic carbocycles. The number of imidazole rings is 1. The fourth-order valence-electron chi connectivity index (χ4n) is 2.35. The summed E-state index contributed by atoms with van der Waals surface area (Å²) in [5.74, 6) is 0.561. The lowest BCUT2D eigenvalue weighted by molar-refractivity contribution is 0.191. The minimum atomic E-state index is -0.244. The van der Waals surface area contributed by atoms with Gasteiger partial charge in [0.25, 0.3) is 0 Å². The van der Waals surface area contributed by atoms with Gasteiger partial charge in [-0.25, -0.2) is 9.37 Å². The van der Waals surface area contributed by atoms with Crippen LogP contribution < -0.4 is 0 Å². The first-order chi connectivity index (χ1) is 9.63. The lowest BCUT2D eigenvalue weighted by atomic mass is 10.2. The molecule has 0 spiro atoms. The van der Waals surface area contributed by atoms with Gasteiger partial charge in [0.2, 0.25) is 0 Å². The smallest absolute Gasteiger partial charge is 0.127 e. The Bertz CT molecular complexity index is 568. The first-order valence-corrected chi connectivity index (χ1v) is 7.36. The maximum atomic E-state index is 13.4. The molecule has 20 heavy (non-hydrogen) atoms. The predicted octanol–water partition coefficient (Wildman–Crippen LogP) is 4.29. The maximum Gasteiger partial charge on any atom is 0.127 e. The van der Waals surface area contributed by atoms with Gasteiger partial charge in [0.1, 0.15) is 11.6 Å². The van der Waals surface area contributed by atoms with Crippen molar-refractivity contribution in [2.75, 3.05) is 13.7 Å². The van der Waals surface area contributed by atoms with Gasteiger partial charge >= 0.3 is 0 Å². The van der Waals surface area contributed by atoms with Gasteiger partial charge in [-0.2, -0.15) is 0 Å². The Morgan fingerprint density at radius 3 is 2.85 bits per heavy atom. The van der Waals surface area contributed by atoms with Crippen molar-refractivity contribution in [2.24, 2.45) is 0 Å². The summed E-state index contributed by atoms with van der Waals surface area (Å²) >= 11 is 6.19. The second-order valence-electron chi connectivity index (χ2n) is 4.92. The molecule has 0 radical (unpaired) electrons. The van der Waals surface area contributed by atoms with Gasteiger partial charge in [-0.15, -0.1) is 11.6 Å². The fraction of sp³-hybridized carbons (Fsp3) is 0.533. The molecule has 0 amide bonds. The lowest BCUT2D eigenvalue weighted by Gasteiger charge is -2.10. The number of aryl methyl sites for hydroxylation is 1. The molecule has 1 unspecified atom stereocenters. The third-order valence-electron chi connectivity index (χ3n) is 3.33. The topological polar surface area (TPSA) is 27.1 Å². The fourth-order valence-corrected chi connectivity index (χ4v) is 2.51. The highest BCUT2D eigenvalue weighted by Crippen LogP contribution is 2.25. The molecular formula is C15H20ClFN2O. The van der Waals surface area contributed by atoms with Crippen LogP contribution in [0.4, 0.5) is 4.39 Å². The monoisotopic (exact) mass is 298 g/mol. The van der Waals surface area contributed by atoms with Crippen molar-refractivity contribution in [3.8, 4) is 0 Å². The largest absolute Gasteiger partial charge is 0.385 e. The molecule has 1 atom stereocenters. The molecule has 0 aliphatic carbocycles. The number of aromatic nitrogens is 2. The standard InChI is InChI=1S/C15H20ClFN2O/c1-11(16)15-18-13-7-6-12(17)10-14(13)19(15)8-4-3-5-9-20-2/h6-7,10-11H,3-5,8-9H2,1-2H3. The molecule has 0 fully saturated rings. The molecule has 110 valence electrons. The van der Waals surface area contributed by atoms with E-state index in [4.69, 9.17) is 16.3 Å². The van der Waals surface area contributed by atoms with E-state index < -0.39 is 0 Å². The van der Waals surface area contributed by atoms with Crippen LogP contribution in [0.5, 0.6) is 0 Å². The van der Waals surface area contributed by atoms with Gasteiger partial charge in [-0.3, -0.25) is 0 Å². The molecule has 0 N–H and O–H groups in total. The number of hydrogen-bond acceptors (Lipinski definition) is 2. The van der Waals surface area contributed by atoms with E-state index in [0.29, 0.717) is 0 Å². The van der Waals surface area contributed by atoms with E-state index in [1.165, 1.54) is 12.1 Å². The van der Waals surface area contributed by atoms with Gasteiger partial charge in [0, 0.05) is 20.3 Å². The first kappa shape index (κ1) is 15.3. The third kappa shape index (κ3) is 3.49. The zero-order chi connectivity index (χ0) is 14.5. The molecule has 0 bridgehead atoms. The number of nitrogens with zero attached hydrogens (tertiary/aromatic N) is 2.